The predicted octanol–water partition coefficient (Wildman–Crippen LogP) is 16.7. The molecule has 0 unspecified atom stereocenters. The molecule has 2 heteroatoms. The maximum absolute atomic E-state index is 2.44. The summed E-state index contributed by atoms with van der Waals surface area (Å²) < 4.78 is 2.37. The summed E-state index contributed by atoms with van der Waals surface area (Å²) in [6.45, 7) is 0. The maximum Gasteiger partial charge on any atom is 0.0541 e. The fourth-order valence-electron chi connectivity index (χ4n) is 9.77. The van der Waals surface area contributed by atoms with E-state index in [1.807, 2.05) is 0 Å². The standard InChI is InChI=1S/C60H40N2/c1-4-18-43(19-5-1)59-53-28-13-12-26-50(53)51-37-36-48(40-55(51)60(59)44-20-6-2-7-21-44)61(56-30-16-22-42-17-10-11-25-49(42)56)47-34-31-41(32-35-47)45-33-38-58-54(39-45)52-27-14-15-29-57(52)62(58)46-23-8-3-9-24-46/h1-40H. The third-order valence-corrected chi connectivity index (χ3v) is 12.5. The summed E-state index contributed by atoms with van der Waals surface area (Å²) in [5.74, 6) is 0. The normalized spacial score (nSPS) is 11.5. The van der Waals surface area contributed by atoms with Crippen molar-refractivity contribution in [1.82, 2.24) is 4.57 Å². The number of rotatable bonds is 7. The van der Waals surface area contributed by atoms with Crippen LogP contribution in [0.3, 0.4) is 0 Å². The van der Waals surface area contributed by atoms with E-state index in [1.165, 1.54) is 93.2 Å². The first-order valence-electron chi connectivity index (χ1n) is 21.3. The molecule has 0 fully saturated rings. The van der Waals surface area contributed by atoms with E-state index in [0.717, 1.165) is 17.1 Å². The van der Waals surface area contributed by atoms with Crippen molar-refractivity contribution in [1.29, 1.82) is 0 Å². The van der Waals surface area contributed by atoms with Gasteiger partial charge in [0, 0.05) is 33.2 Å². The Labute approximate surface area is 360 Å². The lowest BCUT2D eigenvalue weighted by Crippen LogP contribution is -2.10. The Morgan fingerprint density at radius 1 is 0.274 bits per heavy atom. The van der Waals surface area contributed by atoms with E-state index in [0.29, 0.717) is 0 Å². The highest BCUT2D eigenvalue weighted by atomic mass is 15.1. The number of aromatic nitrogens is 1. The summed E-state index contributed by atoms with van der Waals surface area (Å²) in [6.07, 6.45) is 0. The molecule has 1 aromatic heterocycles. The van der Waals surface area contributed by atoms with Gasteiger partial charge in [-0.1, -0.05) is 182 Å². The first kappa shape index (κ1) is 35.7. The van der Waals surface area contributed by atoms with Crippen molar-refractivity contribution in [2.75, 3.05) is 4.90 Å². The van der Waals surface area contributed by atoms with Crippen LogP contribution in [0, 0.1) is 0 Å². The minimum absolute atomic E-state index is 1.09. The van der Waals surface area contributed by atoms with Gasteiger partial charge < -0.3 is 9.47 Å². The smallest absolute Gasteiger partial charge is 0.0541 e. The number of fused-ring (bicyclic) bond motifs is 7. The lowest BCUT2D eigenvalue weighted by molar-refractivity contribution is 1.18. The Morgan fingerprint density at radius 3 is 1.55 bits per heavy atom. The van der Waals surface area contributed by atoms with Gasteiger partial charge in [0.25, 0.3) is 0 Å². The number of nitrogens with zero attached hydrogens (tertiary/aromatic N) is 2. The lowest BCUT2D eigenvalue weighted by atomic mass is 9.85. The van der Waals surface area contributed by atoms with Crippen LogP contribution < -0.4 is 4.90 Å². The molecule has 0 bridgehead atoms. The first-order chi connectivity index (χ1) is 30.8. The summed E-state index contributed by atoms with van der Waals surface area (Å²) in [7, 11) is 0. The second-order valence-electron chi connectivity index (χ2n) is 16.1. The van der Waals surface area contributed by atoms with E-state index in [2.05, 4.69) is 252 Å². The molecular formula is C60H40N2. The molecule has 0 N–H and O–H groups in total. The van der Waals surface area contributed by atoms with Crippen LogP contribution in [0.5, 0.6) is 0 Å². The third kappa shape index (κ3) is 5.88. The van der Waals surface area contributed by atoms with Crippen molar-refractivity contribution in [3.05, 3.63) is 243 Å². The highest BCUT2D eigenvalue weighted by Gasteiger charge is 2.21. The van der Waals surface area contributed by atoms with Crippen LogP contribution >= 0.6 is 0 Å². The van der Waals surface area contributed by atoms with Crippen molar-refractivity contribution >= 4 is 71.2 Å². The molecule has 0 saturated carbocycles. The zero-order chi connectivity index (χ0) is 41.0. The lowest BCUT2D eigenvalue weighted by Gasteiger charge is -2.28. The molecule has 11 aromatic carbocycles. The quantitative estimate of drug-likeness (QED) is 0.146. The average molecular weight is 789 g/mol. The molecule has 0 spiro atoms. The number of hydrogen-bond acceptors (Lipinski definition) is 1. The van der Waals surface area contributed by atoms with Gasteiger partial charge in [-0.25, -0.2) is 0 Å². The molecule has 0 aliphatic heterocycles. The molecule has 12 aromatic rings. The van der Waals surface area contributed by atoms with Crippen LogP contribution in [-0.4, -0.2) is 4.57 Å². The van der Waals surface area contributed by atoms with Crippen molar-refractivity contribution in [3.8, 4) is 39.1 Å². The van der Waals surface area contributed by atoms with Gasteiger partial charge in [-0.2, -0.15) is 0 Å². The minimum Gasteiger partial charge on any atom is -0.310 e. The Kier molecular flexibility index (Phi) is 8.53. The molecule has 12 rings (SSSR count). The van der Waals surface area contributed by atoms with Crippen LogP contribution in [-0.2, 0) is 0 Å². The van der Waals surface area contributed by atoms with Crippen molar-refractivity contribution in [3.63, 3.8) is 0 Å². The fraction of sp³-hybridized carbons (Fsp3) is 0. The number of para-hydroxylation sites is 2. The largest absolute Gasteiger partial charge is 0.310 e. The zero-order valence-corrected chi connectivity index (χ0v) is 34.0. The van der Waals surface area contributed by atoms with Gasteiger partial charge in [0.1, 0.15) is 0 Å². The third-order valence-electron chi connectivity index (χ3n) is 12.5. The summed E-state index contributed by atoms with van der Waals surface area (Å²) in [5, 5.41) is 9.86. The SMILES string of the molecule is c1ccc(-c2c(-c3ccccc3)c3cc(N(c4ccc(-c5ccc6c(c5)c5ccccc5n6-c5ccccc5)cc4)c4cccc5ccccc45)ccc3c3ccccc23)cc1. The summed E-state index contributed by atoms with van der Waals surface area (Å²) in [4.78, 5) is 2.44. The molecule has 0 aliphatic rings. The molecule has 0 aliphatic carbocycles. The van der Waals surface area contributed by atoms with Gasteiger partial charge in [0.15, 0.2) is 0 Å². The van der Waals surface area contributed by atoms with E-state index in [-0.39, 0.29) is 0 Å². The van der Waals surface area contributed by atoms with E-state index in [4.69, 9.17) is 0 Å². The maximum atomic E-state index is 2.44. The number of anilines is 3. The van der Waals surface area contributed by atoms with Gasteiger partial charge in [-0.15, -0.1) is 0 Å². The van der Waals surface area contributed by atoms with Gasteiger partial charge in [-0.3, -0.25) is 0 Å². The molecule has 0 amide bonds. The van der Waals surface area contributed by atoms with Crippen LogP contribution in [0.15, 0.2) is 243 Å². The number of benzene rings is 11. The summed E-state index contributed by atoms with van der Waals surface area (Å²) in [6, 6.07) is 88.5. The van der Waals surface area contributed by atoms with E-state index in [1.54, 1.807) is 0 Å². The van der Waals surface area contributed by atoms with E-state index in [9.17, 15) is 0 Å². The molecule has 0 saturated heterocycles. The van der Waals surface area contributed by atoms with Crippen LogP contribution in [0.2, 0.25) is 0 Å². The fourth-order valence-corrected chi connectivity index (χ4v) is 9.77. The van der Waals surface area contributed by atoms with Gasteiger partial charge >= 0.3 is 0 Å². The minimum atomic E-state index is 1.09. The van der Waals surface area contributed by atoms with Crippen molar-refractivity contribution in [2.24, 2.45) is 0 Å². The van der Waals surface area contributed by atoms with E-state index >= 15 is 0 Å². The topological polar surface area (TPSA) is 8.17 Å². The van der Waals surface area contributed by atoms with Crippen LogP contribution in [0.25, 0.3) is 93.2 Å². The number of hydrogen-bond donors (Lipinski definition) is 0. The Morgan fingerprint density at radius 2 is 0.806 bits per heavy atom. The van der Waals surface area contributed by atoms with Crippen molar-refractivity contribution in [2.45, 2.75) is 0 Å². The van der Waals surface area contributed by atoms with Crippen LogP contribution in [0.1, 0.15) is 0 Å². The Bertz CT molecular complexity index is 3600. The second-order valence-corrected chi connectivity index (χ2v) is 16.1. The molecule has 290 valence electrons. The molecule has 2 nitrogen and oxygen atoms in total. The summed E-state index contributed by atoms with van der Waals surface area (Å²) in [5.41, 5.74) is 14.2. The Hall–Kier alpha value is -8.20. The predicted molar refractivity (Wildman–Crippen MR) is 264 cm³/mol. The molecule has 0 atom stereocenters. The monoisotopic (exact) mass is 788 g/mol. The molecule has 0 radical (unpaired) electrons. The zero-order valence-electron chi connectivity index (χ0n) is 34.0. The summed E-state index contributed by atoms with van der Waals surface area (Å²) >= 11 is 0. The molecular weight excluding hydrogens is 749 g/mol. The highest BCUT2D eigenvalue weighted by Crippen LogP contribution is 2.48. The molecule has 62 heavy (non-hydrogen) atoms. The van der Waals surface area contributed by atoms with Crippen LogP contribution in [0.4, 0.5) is 17.1 Å². The van der Waals surface area contributed by atoms with Gasteiger partial charge in [-0.05, 0) is 121 Å². The Balaban J connectivity index is 1.06. The van der Waals surface area contributed by atoms with Gasteiger partial charge in [0.05, 0.1) is 16.7 Å². The average Bonchev–Trinajstić information content (AvgIpc) is 3.68. The van der Waals surface area contributed by atoms with E-state index < -0.39 is 0 Å². The second kappa shape index (κ2) is 14.8. The highest BCUT2D eigenvalue weighted by molar-refractivity contribution is 6.22. The van der Waals surface area contributed by atoms with Crippen molar-refractivity contribution < 1.29 is 0 Å². The molecule has 1 heterocycles. The first-order valence-corrected chi connectivity index (χ1v) is 21.3. The van der Waals surface area contributed by atoms with Gasteiger partial charge in [0.2, 0.25) is 0 Å².